The van der Waals surface area contributed by atoms with Crippen molar-refractivity contribution >= 4 is 10.0 Å². The molecule has 0 amide bonds. The highest BCUT2D eigenvalue weighted by Gasteiger charge is 2.25. The van der Waals surface area contributed by atoms with E-state index in [0.717, 1.165) is 24.6 Å². The summed E-state index contributed by atoms with van der Waals surface area (Å²) >= 11 is 0. The van der Waals surface area contributed by atoms with Crippen molar-refractivity contribution < 1.29 is 22.3 Å². The number of rotatable bonds is 8. The zero-order valence-corrected chi connectivity index (χ0v) is 15.9. The molecule has 1 heterocycles. The summed E-state index contributed by atoms with van der Waals surface area (Å²) in [6.45, 7) is 1.40. The van der Waals surface area contributed by atoms with Crippen LogP contribution in [-0.2, 0) is 21.2 Å². The second-order valence-corrected chi connectivity index (χ2v) is 7.98. The number of hydrogen-bond donors (Lipinski definition) is 2. The highest BCUT2D eigenvalue weighted by molar-refractivity contribution is 7.89. The van der Waals surface area contributed by atoms with Gasteiger partial charge in [0.15, 0.2) is 0 Å². The van der Waals surface area contributed by atoms with Crippen LogP contribution < -0.4 is 14.8 Å². The van der Waals surface area contributed by atoms with Crippen molar-refractivity contribution in [2.45, 2.75) is 17.4 Å². The molecule has 0 aromatic heterocycles. The zero-order chi connectivity index (χ0) is 19.3. The van der Waals surface area contributed by atoms with Gasteiger partial charge in [0.2, 0.25) is 10.0 Å². The van der Waals surface area contributed by atoms with Crippen LogP contribution in [0.25, 0.3) is 0 Å². The standard InChI is InChI=1S/C19H23FN2O4S/c1-25-10-11-26-18-7-6-15(20)12-19(18)27(23,24)22-13-17-16-5-3-2-4-14(16)8-9-21-17/h2-7,12,17,21-22H,8-11,13H2,1H3. The first-order valence-electron chi connectivity index (χ1n) is 8.73. The number of sulfonamides is 1. The van der Waals surface area contributed by atoms with E-state index in [2.05, 4.69) is 10.0 Å². The molecule has 146 valence electrons. The van der Waals surface area contributed by atoms with Crippen LogP contribution >= 0.6 is 0 Å². The van der Waals surface area contributed by atoms with Crippen molar-refractivity contribution in [1.82, 2.24) is 10.0 Å². The van der Waals surface area contributed by atoms with Gasteiger partial charge < -0.3 is 14.8 Å². The van der Waals surface area contributed by atoms with Gasteiger partial charge in [-0.3, -0.25) is 0 Å². The van der Waals surface area contributed by atoms with Gasteiger partial charge >= 0.3 is 0 Å². The lowest BCUT2D eigenvalue weighted by atomic mass is 9.95. The van der Waals surface area contributed by atoms with Crippen LogP contribution in [0.5, 0.6) is 5.75 Å². The van der Waals surface area contributed by atoms with Gasteiger partial charge in [0.1, 0.15) is 23.1 Å². The van der Waals surface area contributed by atoms with E-state index in [-0.39, 0.29) is 29.8 Å². The maximum Gasteiger partial charge on any atom is 0.244 e. The molecule has 1 aliphatic heterocycles. The summed E-state index contributed by atoms with van der Waals surface area (Å²) in [6, 6.07) is 11.2. The SMILES string of the molecule is COCCOc1ccc(F)cc1S(=O)(=O)NCC1NCCc2ccccc21. The van der Waals surface area contributed by atoms with Crippen LogP contribution in [0.15, 0.2) is 47.4 Å². The summed E-state index contributed by atoms with van der Waals surface area (Å²) in [4.78, 5) is -0.220. The molecule has 0 saturated carbocycles. The number of fused-ring (bicyclic) bond motifs is 1. The second kappa shape index (κ2) is 8.79. The van der Waals surface area contributed by atoms with E-state index in [1.54, 1.807) is 0 Å². The van der Waals surface area contributed by atoms with Gasteiger partial charge in [-0.15, -0.1) is 0 Å². The molecule has 2 aromatic carbocycles. The molecular weight excluding hydrogens is 371 g/mol. The van der Waals surface area contributed by atoms with E-state index in [9.17, 15) is 12.8 Å². The second-order valence-electron chi connectivity index (χ2n) is 6.24. The van der Waals surface area contributed by atoms with Crippen LogP contribution in [0.1, 0.15) is 17.2 Å². The molecule has 1 unspecified atom stereocenters. The molecule has 0 bridgehead atoms. The molecule has 0 aliphatic carbocycles. The van der Waals surface area contributed by atoms with E-state index in [0.29, 0.717) is 6.61 Å². The largest absolute Gasteiger partial charge is 0.490 e. The topological polar surface area (TPSA) is 76.7 Å². The van der Waals surface area contributed by atoms with Crippen molar-refractivity contribution in [2.75, 3.05) is 33.4 Å². The maximum absolute atomic E-state index is 13.7. The van der Waals surface area contributed by atoms with Crippen molar-refractivity contribution in [2.24, 2.45) is 0 Å². The molecule has 0 radical (unpaired) electrons. The first-order valence-corrected chi connectivity index (χ1v) is 10.2. The summed E-state index contributed by atoms with van der Waals surface area (Å²) in [5, 5.41) is 3.32. The predicted octanol–water partition coefficient (Wildman–Crippen LogP) is 2.02. The molecule has 1 atom stereocenters. The van der Waals surface area contributed by atoms with Crippen molar-refractivity contribution in [3.63, 3.8) is 0 Å². The molecular formula is C19H23FN2O4S. The lowest BCUT2D eigenvalue weighted by Gasteiger charge is -2.27. The van der Waals surface area contributed by atoms with E-state index < -0.39 is 15.8 Å². The Balaban J connectivity index is 1.77. The average molecular weight is 394 g/mol. The highest BCUT2D eigenvalue weighted by atomic mass is 32.2. The molecule has 8 heteroatoms. The Morgan fingerprint density at radius 3 is 2.85 bits per heavy atom. The summed E-state index contributed by atoms with van der Waals surface area (Å²) in [6.07, 6.45) is 0.904. The van der Waals surface area contributed by atoms with Crippen LogP contribution in [0, 0.1) is 5.82 Å². The van der Waals surface area contributed by atoms with Crippen molar-refractivity contribution in [3.05, 3.63) is 59.4 Å². The Kier molecular flexibility index (Phi) is 6.43. The summed E-state index contributed by atoms with van der Waals surface area (Å²) in [7, 11) is -2.43. The fraction of sp³-hybridized carbons (Fsp3) is 0.368. The quantitative estimate of drug-likeness (QED) is 0.670. The zero-order valence-electron chi connectivity index (χ0n) is 15.1. The lowest BCUT2D eigenvalue weighted by molar-refractivity contribution is 0.144. The number of benzene rings is 2. The van der Waals surface area contributed by atoms with E-state index in [1.165, 1.54) is 24.8 Å². The minimum Gasteiger partial charge on any atom is -0.490 e. The molecule has 0 fully saturated rings. The molecule has 3 rings (SSSR count). The first kappa shape index (κ1) is 19.8. The predicted molar refractivity (Wildman–Crippen MR) is 99.8 cm³/mol. The summed E-state index contributed by atoms with van der Waals surface area (Å²) < 4.78 is 52.1. The smallest absolute Gasteiger partial charge is 0.244 e. The summed E-state index contributed by atoms with van der Waals surface area (Å²) in [5.74, 6) is -0.548. The van der Waals surface area contributed by atoms with Gasteiger partial charge in [0, 0.05) is 19.7 Å². The summed E-state index contributed by atoms with van der Waals surface area (Å²) in [5.41, 5.74) is 2.28. The van der Waals surface area contributed by atoms with Crippen LogP contribution in [0.4, 0.5) is 4.39 Å². The molecule has 1 aliphatic rings. The Labute approximate surface area is 158 Å². The van der Waals surface area contributed by atoms with Crippen LogP contribution in [0.3, 0.4) is 0 Å². The Hall–Kier alpha value is -2.00. The van der Waals surface area contributed by atoms with Crippen molar-refractivity contribution in [3.8, 4) is 5.75 Å². The van der Waals surface area contributed by atoms with E-state index in [1.807, 2.05) is 24.3 Å². The first-order chi connectivity index (χ1) is 13.0. The minimum absolute atomic E-state index is 0.0953. The molecule has 0 spiro atoms. The molecule has 27 heavy (non-hydrogen) atoms. The van der Waals surface area contributed by atoms with Gasteiger partial charge in [-0.05, 0) is 42.3 Å². The van der Waals surface area contributed by atoms with E-state index in [4.69, 9.17) is 9.47 Å². The maximum atomic E-state index is 13.7. The number of halogens is 1. The highest BCUT2D eigenvalue weighted by Crippen LogP contribution is 2.26. The monoisotopic (exact) mass is 394 g/mol. The average Bonchev–Trinajstić information content (AvgIpc) is 2.67. The molecule has 6 nitrogen and oxygen atoms in total. The number of methoxy groups -OCH3 is 1. The lowest BCUT2D eigenvalue weighted by Crippen LogP contribution is -2.38. The van der Waals surface area contributed by atoms with Gasteiger partial charge in [-0.25, -0.2) is 17.5 Å². The Bertz CT molecular complexity index is 889. The molecule has 2 aromatic rings. The van der Waals surface area contributed by atoms with Crippen LogP contribution in [0.2, 0.25) is 0 Å². The fourth-order valence-electron chi connectivity index (χ4n) is 3.09. The van der Waals surface area contributed by atoms with Gasteiger partial charge in [0.05, 0.1) is 6.61 Å². The van der Waals surface area contributed by atoms with Gasteiger partial charge in [-0.1, -0.05) is 24.3 Å². The van der Waals surface area contributed by atoms with Gasteiger partial charge in [0.25, 0.3) is 0 Å². The minimum atomic E-state index is -3.95. The number of nitrogens with one attached hydrogen (secondary N) is 2. The Morgan fingerprint density at radius 2 is 2.04 bits per heavy atom. The van der Waals surface area contributed by atoms with Crippen LogP contribution in [-0.4, -0.2) is 41.8 Å². The normalized spacial score (nSPS) is 16.7. The molecule has 0 saturated heterocycles. The Morgan fingerprint density at radius 1 is 1.22 bits per heavy atom. The van der Waals surface area contributed by atoms with E-state index >= 15 is 0 Å². The number of ether oxygens (including phenoxy) is 2. The fourth-order valence-corrected chi connectivity index (χ4v) is 4.29. The third kappa shape index (κ3) is 4.84. The van der Waals surface area contributed by atoms with Crippen molar-refractivity contribution in [1.29, 1.82) is 0 Å². The number of hydrogen-bond acceptors (Lipinski definition) is 5. The van der Waals surface area contributed by atoms with Gasteiger partial charge in [-0.2, -0.15) is 0 Å². The third-order valence-electron chi connectivity index (χ3n) is 4.43. The molecule has 2 N–H and O–H groups in total. The third-order valence-corrected chi connectivity index (χ3v) is 5.88.